The number of anilines is 1. The Hall–Kier alpha value is -2.96. The summed E-state index contributed by atoms with van der Waals surface area (Å²) in [4.78, 5) is 33.5. The van der Waals surface area contributed by atoms with Crippen LogP contribution < -0.4 is 14.4 Å². The Morgan fingerprint density at radius 1 is 1.13 bits per heavy atom. The van der Waals surface area contributed by atoms with Crippen LogP contribution in [0.1, 0.15) is 73.4 Å². The van der Waals surface area contributed by atoms with Crippen LogP contribution in [0.4, 0.5) is 5.69 Å². The monoisotopic (exact) mass is 751 g/mol. The van der Waals surface area contributed by atoms with Gasteiger partial charge in [0.2, 0.25) is 5.91 Å². The molecular weight excluding hydrogens is 698 g/mol. The molecule has 282 valence electrons. The predicted molar refractivity (Wildman–Crippen MR) is 207 cm³/mol. The van der Waals surface area contributed by atoms with Crippen LogP contribution in [0.5, 0.6) is 5.75 Å². The standard InChI is InChI=1S/C40H54ClN5O5S/c1-3-38(47)42-52(49)23-6-4-5-9-36(50-22-21-45-19-17-44(2)18-20-45)33-13-10-31(33)26-46-27-40(16-7-8-29-24-32(41)12-14-34(29)40)28-51-37-15-11-30(25-35(37)46)39(48)43-52/h5,9,11-12,14-15,24-25,31,33,36H,3-4,6-8,10,13,16-23,26-28H2,1-2H3,(H,42,43,47,48,49)/b9-5-/t31-,33+,36-,40-,52?/m0/s1. The Bertz CT molecular complexity index is 1790. The average Bonchev–Trinajstić information content (AvgIpc) is 3.26. The fraction of sp³-hybridized carbons (Fsp3) is 0.600. The summed E-state index contributed by atoms with van der Waals surface area (Å²) in [6, 6.07) is 11.7. The molecule has 5 aliphatic rings. The number of hydrogen-bond acceptors (Lipinski definition) is 8. The Labute approximate surface area is 314 Å². The molecule has 3 aliphatic heterocycles. The molecule has 1 unspecified atom stereocenters. The zero-order valence-electron chi connectivity index (χ0n) is 30.7. The van der Waals surface area contributed by atoms with Crippen molar-refractivity contribution in [2.75, 3.05) is 76.7 Å². The maximum Gasteiger partial charge on any atom is 0.286 e. The molecule has 5 atom stereocenters. The summed E-state index contributed by atoms with van der Waals surface area (Å²) in [5.74, 6) is 0.574. The zero-order chi connectivity index (χ0) is 36.3. The van der Waals surface area contributed by atoms with Crippen LogP contribution in [0.2, 0.25) is 5.02 Å². The molecule has 2 amide bonds. The Morgan fingerprint density at radius 2 is 1.98 bits per heavy atom. The summed E-state index contributed by atoms with van der Waals surface area (Å²) in [5.41, 5.74) is 3.51. The summed E-state index contributed by atoms with van der Waals surface area (Å²) in [7, 11) is -1.16. The van der Waals surface area contributed by atoms with Crippen molar-refractivity contribution in [3.05, 3.63) is 70.3 Å². The quantitative estimate of drug-likeness (QED) is 0.366. The van der Waals surface area contributed by atoms with Gasteiger partial charge in [0.15, 0.2) is 0 Å². The fourth-order valence-electron chi connectivity index (χ4n) is 8.68. The summed E-state index contributed by atoms with van der Waals surface area (Å²) in [6.45, 7) is 9.62. The Morgan fingerprint density at radius 3 is 2.77 bits per heavy atom. The molecule has 10 nitrogen and oxygen atoms in total. The smallest absolute Gasteiger partial charge is 0.286 e. The van der Waals surface area contributed by atoms with E-state index in [9.17, 15) is 13.8 Å². The Balaban J connectivity index is 1.23. The van der Waals surface area contributed by atoms with Crippen molar-refractivity contribution >= 4 is 39.0 Å². The second-order valence-corrected chi connectivity index (χ2v) is 18.0. The minimum Gasteiger partial charge on any atom is -0.490 e. The molecule has 1 spiro atoms. The van der Waals surface area contributed by atoms with Gasteiger partial charge in [-0.25, -0.2) is 4.21 Å². The number of hydrogen-bond donors (Lipinski definition) is 1. The lowest BCUT2D eigenvalue weighted by atomic mass is 9.68. The summed E-state index contributed by atoms with van der Waals surface area (Å²) >= 11 is 6.49. The molecule has 7 rings (SSSR count). The number of aryl methyl sites for hydroxylation is 1. The molecule has 2 bridgehead atoms. The number of nitrogens with zero attached hydrogens (tertiary/aromatic N) is 4. The number of fused-ring (bicyclic) bond motifs is 4. The second kappa shape index (κ2) is 16.2. The lowest BCUT2D eigenvalue weighted by molar-refractivity contribution is -0.118. The number of halogens is 1. The highest BCUT2D eigenvalue weighted by molar-refractivity contribution is 7.92. The van der Waals surface area contributed by atoms with Crippen LogP contribution in [-0.2, 0) is 31.3 Å². The normalized spacial score (nSPS) is 30.6. The van der Waals surface area contributed by atoms with Crippen LogP contribution in [0.3, 0.4) is 0 Å². The van der Waals surface area contributed by atoms with E-state index in [2.05, 4.69) is 55.1 Å². The van der Waals surface area contributed by atoms with E-state index in [0.717, 1.165) is 94.4 Å². The van der Waals surface area contributed by atoms with Crippen molar-refractivity contribution in [2.24, 2.45) is 16.2 Å². The first-order valence-corrected chi connectivity index (χ1v) is 21.3. The molecule has 1 N–H and O–H groups in total. The van der Waals surface area contributed by atoms with Gasteiger partial charge in [0, 0.05) is 68.2 Å². The maximum atomic E-state index is 14.0. The molecular formula is C40H54ClN5O5S. The van der Waals surface area contributed by atoms with Gasteiger partial charge in [-0.15, -0.1) is 4.36 Å². The molecule has 2 aliphatic carbocycles. The fourth-order valence-corrected chi connectivity index (χ4v) is 10.5. The molecule has 2 aromatic carbocycles. The molecule has 0 radical (unpaired) electrons. The number of benzene rings is 2. The molecule has 2 fully saturated rings. The van der Waals surface area contributed by atoms with Gasteiger partial charge in [-0.05, 0) is 105 Å². The first kappa shape index (κ1) is 37.4. The number of amides is 2. The lowest BCUT2D eigenvalue weighted by Gasteiger charge is -2.46. The van der Waals surface area contributed by atoms with E-state index in [4.69, 9.17) is 21.1 Å². The molecule has 0 aromatic heterocycles. The van der Waals surface area contributed by atoms with Gasteiger partial charge >= 0.3 is 0 Å². The molecule has 12 heteroatoms. The van der Waals surface area contributed by atoms with Crippen LogP contribution in [0, 0.1) is 11.8 Å². The number of allylic oxidation sites excluding steroid dienone is 1. The lowest BCUT2D eigenvalue weighted by Crippen LogP contribution is -2.50. The number of carbonyl (C=O) groups is 2. The topological polar surface area (TPSA) is 104 Å². The minimum atomic E-state index is -3.33. The predicted octanol–water partition coefficient (Wildman–Crippen LogP) is 5.87. The van der Waals surface area contributed by atoms with Crippen molar-refractivity contribution in [3.63, 3.8) is 0 Å². The van der Waals surface area contributed by atoms with E-state index < -0.39 is 21.7 Å². The van der Waals surface area contributed by atoms with Crippen LogP contribution in [-0.4, -0.2) is 104 Å². The summed E-state index contributed by atoms with van der Waals surface area (Å²) in [5, 5.41) is 0.751. The largest absolute Gasteiger partial charge is 0.490 e. The van der Waals surface area contributed by atoms with Gasteiger partial charge in [-0.2, -0.15) is 0 Å². The van der Waals surface area contributed by atoms with Crippen molar-refractivity contribution in [1.29, 1.82) is 0 Å². The van der Waals surface area contributed by atoms with Crippen molar-refractivity contribution in [3.8, 4) is 5.75 Å². The molecule has 2 aromatic rings. The van der Waals surface area contributed by atoms with E-state index in [1.54, 1.807) is 13.0 Å². The number of nitrogens with one attached hydrogen (secondary N) is 1. The Kier molecular flexibility index (Phi) is 11.6. The highest BCUT2D eigenvalue weighted by atomic mass is 35.5. The zero-order valence-corrected chi connectivity index (χ0v) is 32.3. The molecule has 1 saturated heterocycles. The van der Waals surface area contributed by atoms with Gasteiger partial charge in [0.1, 0.15) is 15.7 Å². The third kappa shape index (κ3) is 8.39. The van der Waals surface area contributed by atoms with Crippen molar-refractivity contribution in [2.45, 2.75) is 69.8 Å². The van der Waals surface area contributed by atoms with E-state index in [0.29, 0.717) is 43.5 Å². The molecule has 1 saturated carbocycles. The van der Waals surface area contributed by atoms with Gasteiger partial charge < -0.3 is 19.3 Å². The van der Waals surface area contributed by atoms with Crippen LogP contribution in [0.25, 0.3) is 0 Å². The van der Waals surface area contributed by atoms with E-state index in [1.807, 2.05) is 18.2 Å². The van der Waals surface area contributed by atoms with Crippen LogP contribution in [0.15, 0.2) is 52.9 Å². The summed E-state index contributed by atoms with van der Waals surface area (Å²) in [6.07, 6.45) is 10.8. The first-order valence-electron chi connectivity index (χ1n) is 19.2. The minimum absolute atomic E-state index is 0.0323. The van der Waals surface area contributed by atoms with Gasteiger partial charge in [0.25, 0.3) is 5.91 Å². The van der Waals surface area contributed by atoms with Crippen molar-refractivity contribution in [1.82, 2.24) is 14.5 Å². The SMILES string of the molecule is CCC(=O)NS1(=O)=NC(=O)c2ccc3c(c2)N(C[C@@H]2CC[C@H]2[C@@H](OCCN2CCN(C)CC2)/C=C\CCC1)C[C@@]1(CCCc2cc(Cl)ccc21)CO3. The van der Waals surface area contributed by atoms with Crippen molar-refractivity contribution < 1.29 is 23.3 Å². The third-order valence-corrected chi connectivity index (χ3v) is 14.0. The second-order valence-electron chi connectivity index (χ2n) is 15.5. The first-order chi connectivity index (χ1) is 25.1. The van der Waals surface area contributed by atoms with E-state index >= 15 is 0 Å². The number of likely N-dealkylation sites (N-methyl/N-ethyl adjacent to an activating group) is 1. The van der Waals surface area contributed by atoms with E-state index in [1.165, 1.54) is 11.1 Å². The number of piperazine rings is 1. The highest BCUT2D eigenvalue weighted by Gasteiger charge is 2.44. The van der Waals surface area contributed by atoms with E-state index in [-0.39, 0.29) is 23.7 Å². The molecule has 3 heterocycles. The number of ether oxygens (including phenoxy) is 2. The maximum absolute atomic E-state index is 14.0. The average molecular weight is 752 g/mol. The van der Waals surface area contributed by atoms with Gasteiger partial charge in [-0.3, -0.25) is 19.2 Å². The number of carbonyl (C=O) groups excluding carboxylic acids is 2. The number of rotatable bonds is 6. The third-order valence-electron chi connectivity index (χ3n) is 11.9. The van der Waals surface area contributed by atoms with Crippen LogP contribution >= 0.6 is 11.6 Å². The van der Waals surface area contributed by atoms with Gasteiger partial charge in [-0.1, -0.05) is 36.7 Å². The summed E-state index contributed by atoms with van der Waals surface area (Å²) < 4.78 is 34.3. The van der Waals surface area contributed by atoms with Gasteiger partial charge in [0.05, 0.1) is 30.8 Å². The molecule has 52 heavy (non-hydrogen) atoms. The highest BCUT2D eigenvalue weighted by Crippen LogP contribution is 2.47.